The number of aromatic hydroxyl groups is 1. The van der Waals surface area contributed by atoms with Crippen molar-refractivity contribution in [2.24, 2.45) is 0 Å². The van der Waals surface area contributed by atoms with E-state index in [1.807, 2.05) is 62.3 Å². The van der Waals surface area contributed by atoms with E-state index in [1.165, 1.54) is 12.1 Å². The van der Waals surface area contributed by atoms with Gasteiger partial charge in [-0.1, -0.05) is 28.1 Å². The van der Waals surface area contributed by atoms with Gasteiger partial charge in [0, 0.05) is 61.5 Å². The van der Waals surface area contributed by atoms with Crippen LogP contribution in [0, 0.1) is 0 Å². The van der Waals surface area contributed by atoms with E-state index < -0.39 is 52.9 Å². The second kappa shape index (κ2) is 24.9. The molecule has 1 N–H and O–H groups in total. The van der Waals surface area contributed by atoms with E-state index in [4.69, 9.17) is 23.7 Å². The maximum Gasteiger partial charge on any atom is 0.416 e. The summed E-state index contributed by atoms with van der Waals surface area (Å²) in [7, 11) is 0. The molecule has 0 saturated carbocycles. The lowest BCUT2D eigenvalue weighted by molar-refractivity contribution is -0.157. The third kappa shape index (κ3) is 19.8. The van der Waals surface area contributed by atoms with E-state index in [-0.39, 0.29) is 51.7 Å². The Bertz CT molecular complexity index is 2250. The van der Waals surface area contributed by atoms with E-state index in [0.29, 0.717) is 50.4 Å². The molecule has 424 valence electrons. The predicted molar refractivity (Wildman–Crippen MR) is 274 cm³/mol. The smallest absolute Gasteiger partial charge is 0.416 e. The number of carbonyl (C=O) groups is 4. The van der Waals surface area contributed by atoms with Crippen LogP contribution < -0.4 is 4.74 Å². The molecule has 0 atom stereocenters. The predicted octanol–water partition coefficient (Wildman–Crippen LogP) is 12.3. The minimum atomic E-state index is -4.54. The van der Waals surface area contributed by atoms with E-state index in [2.05, 4.69) is 25.7 Å². The minimum absolute atomic E-state index is 0.0222. The summed E-state index contributed by atoms with van der Waals surface area (Å²) in [5.41, 5.74) is -3.04. The fourth-order valence-electron chi connectivity index (χ4n) is 9.64. The summed E-state index contributed by atoms with van der Waals surface area (Å²) in [6.45, 7) is 25.9. The number of ether oxygens (including phenoxy) is 5. The molecule has 0 aliphatic carbocycles. The summed E-state index contributed by atoms with van der Waals surface area (Å²) in [5, 5.41) is 10.4. The quantitative estimate of drug-likeness (QED) is 0.116. The molecular formula is C54H79BrF6N4O10. The molecule has 4 fully saturated rings. The van der Waals surface area contributed by atoms with Gasteiger partial charge in [0.25, 0.3) is 0 Å². The maximum atomic E-state index is 13.4. The van der Waals surface area contributed by atoms with Crippen molar-refractivity contribution >= 4 is 40.1 Å². The lowest BCUT2D eigenvalue weighted by atomic mass is 9.84. The Balaban J connectivity index is 0.000000284. The monoisotopic (exact) mass is 1140 g/mol. The van der Waals surface area contributed by atoms with Crippen LogP contribution in [-0.2, 0) is 54.0 Å². The number of piperidine rings is 2. The van der Waals surface area contributed by atoms with Crippen molar-refractivity contribution in [2.75, 3.05) is 51.2 Å². The molecule has 2 spiro atoms. The highest BCUT2D eigenvalue weighted by Crippen LogP contribution is 2.43. The van der Waals surface area contributed by atoms with Gasteiger partial charge in [0.2, 0.25) is 0 Å². The molecule has 4 saturated heterocycles. The topological polar surface area (TPSA) is 148 Å². The molecule has 0 radical (unpaired) electrons. The SMILES string of the molecule is CC(C)(C)OC(=O)CBr.CC(C)(C)OC(=O)COc1cc(C(F)(F)F)ccc1CN1CCCC12CCN(C(=O)OC(C)(C)C)CC2.CC(C)(C)OC(=O)N1CCC2(CCCN2Cc2ccc(C(F)(F)F)cc2O)CC1. The first-order valence-electron chi connectivity index (χ1n) is 25.5. The fraction of sp³-hybridized carbons (Fsp3) is 0.704. The molecule has 0 unspecified atom stereocenters. The van der Waals surface area contributed by atoms with Crippen molar-refractivity contribution in [2.45, 2.75) is 193 Å². The average Bonchev–Trinajstić information content (AvgIpc) is 3.83. The minimum Gasteiger partial charge on any atom is -0.508 e. The average molecular weight is 1140 g/mol. The fourth-order valence-corrected chi connectivity index (χ4v) is 9.75. The van der Waals surface area contributed by atoms with E-state index in [0.717, 1.165) is 88.7 Å². The molecule has 4 heterocycles. The Hall–Kier alpha value is -4.50. The summed E-state index contributed by atoms with van der Waals surface area (Å²) < 4.78 is 105. The van der Waals surface area contributed by atoms with Crippen molar-refractivity contribution in [3.8, 4) is 11.5 Å². The molecule has 14 nitrogen and oxygen atoms in total. The molecule has 75 heavy (non-hydrogen) atoms. The van der Waals surface area contributed by atoms with Gasteiger partial charge in [0.15, 0.2) is 6.61 Å². The summed E-state index contributed by atoms with van der Waals surface area (Å²) in [6.07, 6.45) is -2.69. The highest BCUT2D eigenvalue weighted by Gasteiger charge is 2.46. The van der Waals surface area contributed by atoms with Crippen molar-refractivity contribution < 1.29 is 74.3 Å². The van der Waals surface area contributed by atoms with Crippen LogP contribution in [0.1, 0.15) is 157 Å². The lowest BCUT2D eigenvalue weighted by Crippen LogP contribution is -2.53. The Morgan fingerprint density at radius 2 is 0.907 bits per heavy atom. The molecule has 4 aliphatic heterocycles. The molecule has 2 aromatic carbocycles. The molecule has 2 aromatic rings. The number of hydrogen-bond donors (Lipinski definition) is 1. The van der Waals surface area contributed by atoms with Gasteiger partial charge in [-0.25, -0.2) is 14.4 Å². The Morgan fingerprint density at radius 3 is 1.27 bits per heavy atom. The number of phenolic OH excluding ortho intramolecular Hbond substituents is 1. The number of amides is 2. The summed E-state index contributed by atoms with van der Waals surface area (Å²) in [5.74, 6) is -1.17. The van der Waals surface area contributed by atoms with Gasteiger partial charge < -0.3 is 38.6 Å². The Kier molecular flexibility index (Phi) is 20.9. The van der Waals surface area contributed by atoms with Crippen LogP contribution in [0.4, 0.5) is 35.9 Å². The maximum absolute atomic E-state index is 13.4. The number of nitrogens with zero attached hydrogens (tertiary/aromatic N) is 4. The van der Waals surface area contributed by atoms with Crippen molar-refractivity contribution in [1.82, 2.24) is 19.6 Å². The third-order valence-corrected chi connectivity index (χ3v) is 13.5. The van der Waals surface area contributed by atoms with Gasteiger partial charge in [-0.3, -0.25) is 14.6 Å². The molecule has 0 bridgehead atoms. The van der Waals surface area contributed by atoms with Gasteiger partial charge in [-0.05, 0) is 172 Å². The zero-order valence-electron chi connectivity index (χ0n) is 45.7. The number of hydrogen-bond acceptors (Lipinski definition) is 12. The standard InChI is InChI=1S/C27H39F3N2O5.C21H29F3N2O3.C6H11BrO2/c1-24(2,3)36-22(33)18-35-21-16-20(27(28,29)30)9-8-19(21)17-32-13-7-10-26(32)11-14-31(15-12-26)23(34)37-25(4,5)6;1-19(2,3)29-18(28)25-11-8-20(9-12-25)7-4-10-26(20)14-15-5-6-16(13-17(15)27)21(22,23)24;1-6(2,3)9-5(8)4-7/h8-9,16H,7,10-15,17-18H2,1-6H3;5-6,13,27H,4,7-12,14H2,1-3H3;4H2,1-3H3. The molecular weight excluding hydrogens is 1060 g/mol. The van der Waals surface area contributed by atoms with Crippen molar-refractivity contribution in [3.63, 3.8) is 0 Å². The Labute approximate surface area is 447 Å². The lowest BCUT2D eigenvalue weighted by Gasteiger charge is -2.45. The van der Waals surface area contributed by atoms with E-state index in [9.17, 15) is 50.6 Å². The zero-order valence-corrected chi connectivity index (χ0v) is 47.3. The normalized spacial score (nSPS) is 18.4. The number of alkyl halides is 7. The molecule has 2 amide bonds. The van der Waals surface area contributed by atoms with Crippen LogP contribution in [0.5, 0.6) is 11.5 Å². The number of carbonyl (C=O) groups excluding carboxylic acids is 4. The van der Waals surface area contributed by atoms with Crippen LogP contribution in [0.15, 0.2) is 36.4 Å². The van der Waals surface area contributed by atoms with Crippen LogP contribution in [0.2, 0.25) is 0 Å². The largest absolute Gasteiger partial charge is 0.508 e. The summed E-state index contributed by atoms with van der Waals surface area (Å²) in [4.78, 5) is 55.5. The van der Waals surface area contributed by atoms with Gasteiger partial charge >= 0.3 is 36.5 Å². The number of benzene rings is 2. The highest BCUT2D eigenvalue weighted by atomic mass is 79.9. The summed E-state index contributed by atoms with van der Waals surface area (Å²) in [6, 6.07) is 6.60. The first-order chi connectivity index (χ1) is 34.3. The Morgan fingerprint density at radius 1 is 0.533 bits per heavy atom. The van der Waals surface area contributed by atoms with Gasteiger partial charge in [0.1, 0.15) is 39.2 Å². The first-order valence-corrected chi connectivity index (χ1v) is 26.6. The number of halogens is 7. The van der Waals surface area contributed by atoms with Gasteiger partial charge in [0.05, 0.1) is 11.1 Å². The molecule has 21 heteroatoms. The van der Waals surface area contributed by atoms with Crippen LogP contribution in [-0.4, -0.2) is 134 Å². The van der Waals surface area contributed by atoms with E-state index >= 15 is 0 Å². The van der Waals surface area contributed by atoms with Crippen LogP contribution >= 0.6 is 15.9 Å². The second-order valence-corrected chi connectivity index (χ2v) is 24.3. The van der Waals surface area contributed by atoms with Crippen molar-refractivity contribution in [3.05, 3.63) is 58.7 Å². The number of esters is 2. The third-order valence-electron chi connectivity index (χ3n) is 13.0. The van der Waals surface area contributed by atoms with E-state index in [1.54, 1.807) is 30.6 Å². The number of rotatable bonds is 8. The molecule has 4 aliphatic rings. The molecule has 6 rings (SSSR count). The number of phenols is 1. The van der Waals surface area contributed by atoms with Crippen LogP contribution in [0.3, 0.4) is 0 Å². The molecule has 0 aromatic heterocycles. The highest BCUT2D eigenvalue weighted by molar-refractivity contribution is 9.09. The van der Waals surface area contributed by atoms with Crippen LogP contribution in [0.25, 0.3) is 0 Å². The van der Waals surface area contributed by atoms with Crippen molar-refractivity contribution in [1.29, 1.82) is 0 Å². The van der Waals surface area contributed by atoms with Gasteiger partial charge in [-0.2, -0.15) is 26.3 Å². The summed E-state index contributed by atoms with van der Waals surface area (Å²) >= 11 is 2.99. The second-order valence-electron chi connectivity index (χ2n) is 23.7. The zero-order chi connectivity index (χ0) is 56.6. The first kappa shape index (κ1) is 63.0. The number of likely N-dealkylation sites (tertiary alicyclic amines) is 4. The van der Waals surface area contributed by atoms with Gasteiger partial charge in [-0.15, -0.1) is 0 Å².